The summed E-state index contributed by atoms with van der Waals surface area (Å²) < 4.78 is 18.3. The molecule has 4 saturated heterocycles. The lowest BCUT2D eigenvalue weighted by molar-refractivity contribution is -0.163. The van der Waals surface area contributed by atoms with Crippen LogP contribution in [-0.2, 0) is 57.4 Å². The first-order valence-corrected chi connectivity index (χ1v) is 30.3. The van der Waals surface area contributed by atoms with Crippen molar-refractivity contribution >= 4 is 82.1 Å². The van der Waals surface area contributed by atoms with Crippen molar-refractivity contribution in [3.05, 3.63) is 50.7 Å². The number of benzene rings is 2. The highest BCUT2D eigenvalue weighted by atomic mass is 16.6. The molecule has 0 spiro atoms. The molecule has 0 unspecified atom stereocenters. The largest absolute Gasteiger partial charge is 0.458 e. The number of nitrogens with one attached hydrogen (secondary N) is 4. The van der Waals surface area contributed by atoms with Gasteiger partial charge in [0.1, 0.15) is 71.8 Å². The van der Waals surface area contributed by atoms with Crippen LogP contribution < -0.4 is 26.7 Å². The molecule has 484 valence electrons. The molecule has 27 heteroatoms. The van der Waals surface area contributed by atoms with E-state index in [4.69, 9.17) is 18.9 Å². The third-order valence-electron chi connectivity index (χ3n) is 17.3. The molecule has 4 fully saturated rings. The van der Waals surface area contributed by atoms with E-state index in [9.17, 15) is 52.7 Å². The van der Waals surface area contributed by atoms with Gasteiger partial charge in [0, 0.05) is 52.9 Å². The van der Waals surface area contributed by atoms with Gasteiger partial charge in [-0.05, 0) is 88.7 Å². The normalized spacial score (nSPS) is 26.4. The molecule has 5 aliphatic heterocycles. The summed E-state index contributed by atoms with van der Waals surface area (Å²) in [5, 5.41) is 10.8. The molecule has 0 bridgehead atoms. The number of fused-ring (bicyclic) bond motifs is 4. The van der Waals surface area contributed by atoms with E-state index in [1.165, 1.54) is 80.7 Å². The summed E-state index contributed by atoms with van der Waals surface area (Å²) in [5.74, 6) is -11.9. The van der Waals surface area contributed by atoms with E-state index >= 15 is 9.59 Å². The van der Waals surface area contributed by atoms with Gasteiger partial charge in [-0.3, -0.25) is 52.7 Å². The first kappa shape index (κ1) is 68.0. The summed E-state index contributed by atoms with van der Waals surface area (Å²) in [6.07, 6.45) is -1.55. The van der Waals surface area contributed by atoms with Crippen molar-refractivity contribution in [1.29, 1.82) is 0 Å². The highest BCUT2D eigenvalue weighted by Crippen LogP contribution is 2.33. The summed E-state index contributed by atoms with van der Waals surface area (Å²) in [7, 11) is 5.61. The lowest BCUT2D eigenvalue weighted by atomic mass is 9.99. The molecular formula is C62H85N11O16. The summed E-state index contributed by atoms with van der Waals surface area (Å²) >= 11 is 0. The molecule has 4 N–H and O–H groups in total. The molecule has 0 aromatic heterocycles. The predicted molar refractivity (Wildman–Crippen MR) is 321 cm³/mol. The molecule has 0 saturated carbocycles. The van der Waals surface area contributed by atoms with Gasteiger partial charge in [-0.1, -0.05) is 61.5 Å². The van der Waals surface area contributed by atoms with Crippen LogP contribution in [0.2, 0.25) is 0 Å². The minimum atomic E-state index is -1.82. The molecule has 6 aliphatic rings. The van der Waals surface area contributed by atoms with Gasteiger partial charge >= 0.3 is 11.9 Å². The van der Waals surface area contributed by atoms with Crippen molar-refractivity contribution in [3.63, 3.8) is 0 Å². The molecule has 1 aliphatic carbocycles. The maximum atomic E-state index is 15.0. The average molecular weight is 1240 g/mol. The maximum Gasteiger partial charge on any atom is 0.329 e. The number of nitrogens with zero attached hydrogens (tertiary/aromatic N) is 7. The van der Waals surface area contributed by atoms with E-state index in [1.807, 2.05) is 0 Å². The van der Waals surface area contributed by atoms with Gasteiger partial charge in [-0.2, -0.15) is 0 Å². The molecule has 5 heterocycles. The fourth-order valence-electron chi connectivity index (χ4n) is 12.1. The summed E-state index contributed by atoms with van der Waals surface area (Å²) in [4.78, 5) is 199. The van der Waals surface area contributed by atoms with Crippen molar-refractivity contribution in [2.75, 3.05) is 54.4 Å². The SMILES string of the molecule is Cc1c2oc3c(C)ccc(C(=O)N[C@@H]4C(=O)N[C@H](C(C)C)C(=O)N5CCC[C@H]5C(=O)N(C)CC(=O)N(C)[C@@H](C(C)C)C(=O)O[C@@H]4C)c3nc-2c(C(=O)N[C@@H]2C(=O)N[C@H](C(C)C)C(=O)N3CCC[C@H]3C(=O)N(C)CC(=O)N(C)[C@@H](C(C)C)C(=O)O[C@@H]2C)cc1=O. The van der Waals surface area contributed by atoms with Gasteiger partial charge in [0.05, 0.1) is 24.2 Å². The molecule has 1 aromatic rings. The standard InChI is InChI=1S/C62H85N11O16/c1-28(2)43-59(83)72-23-17-19-38(72)57(81)68(13)26-41(75)70(15)49(30(5)6)61(85)87-34(11)45(55(79)64-43)66-53(77)36-22-21-32(9)51-47(36)63-48-37(25-40(74)33(10)52(48)89-51)54(78)67-46-35(12)88-62(86)50(31(7)8)71(16)42(76)27-69(14)58(82)39-20-18-24-73(39)60(84)44(29(3)4)65-56(46)80/h21-22,25,28-31,34-35,38-39,43-46,49-50H,17-20,23-24,26-27H2,1-16H3,(H,64,79)(H,65,80)(H,66,77)(H,67,78)/t34-,35-,38+,39+,43-,44-,45+,46+,49+,50+/m1/s1. The Morgan fingerprint density at radius 1 is 0.584 bits per heavy atom. The smallest absolute Gasteiger partial charge is 0.329 e. The highest BCUT2D eigenvalue weighted by molar-refractivity contribution is 6.09. The molecule has 0 radical (unpaired) electrons. The van der Waals surface area contributed by atoms with Gasteiger partial charge in [-0.15, -0.1) is 0 Å². The van der Waals surface area contributed by atoms with Crippen LogP contribution in [-0.4, -0.2) is 220 Å². The van der Waals surface area contributed by atoms with Crippen LogP contribution >= 0.6 is 0 Å². The molecular weight excluding hydrogens is 1150 g/mol. The minimum absolute atomic E-state index is 0.0113. The number of aromatic nitrogens is 1. The second kappa shape index (κ2) is 27.5. The third kappa shape index (κ3) is 14.0. The van der Waals surface area contributed by atoms with E-state index < -0.39 is 179 Å². The van der Waals surface area contributed by atoms with Crippen LogP contribution in [0.5, 0.6) is 0 Å². The first-order valence-electron chi connectivity index (χ1n) is 30.3. The number of carbonyl (C=O) groups is 12. The number of hydrogen-bond donors (Lipinski definition) is 4. The van der Waals surface area contributed by atoms with Gasteiger partial charge in [0.2, 0.25) is 47.3 Å². The zero-order valence-electron chi connectivity index (χ0n) is 53.6. The van der Waals surface area contributed by atoms with Crippen molar-refractivity contribution in [2.45, 2.75) is 169 Å². The van der Waals surface area contributed by atoms with E-state index in [0.29, 0.717) is 24.8 Å². The highest BCUT2D eigenvalue weighted by Gasteiger charge is 2.46. The van der Waals surface area contributed by atoms with Crippen molar-refractivity contribution in [3.8, 4) is 11.5 Å². The molecule has 7 rings (SSSR count). The Kier molecular flexibility index (Phi) is 21.0. The van der Waals surface area contributed by atoms with Gasteiger partial charge < -0.3 is 64.6 Å². The second-order valence-electron chi connectivity index (χ2n) is 25.3. The van der Waals surface area contributed by atoms with Crippen molar-refractivity contribution < 1.29 is 71.4 Å². The number of esters is 2. The summed E-state index contributed by atoms with van der Waals surface area (Å²) in [5.41, 5.74) is -1.58. The Hall–Kier alpha value is -8.52. The maximum absolute atomic E-state index is 15.0. The second-order valence-corrected chi connectivity index (χ2v) is 25.3. The average Bonchev–Trinajstić information content (AvgIpc) is 1.51. The van der Waals surface area contributed by atoms with Crippen LogP contribution in [0.25, 0.3) is 22.6 Å². The summed E-state index contributed by atoms with van der Waals surface area (Å²) in [6, 6.07) is -6.73. The van der Waals surface area contributed by atoms with E-state index in [2.05, 4.69) is 21.3 Å². The number of cyclic esters (lactones) is 2. The Labute approximate surface area is 516 Å². The predicted octanol–water partition coefficient (Wildman–Crippen LogP) is 1.14. The third-order valence-corrected chi connectivity index (χ3v) is 17.3. The number of likely N-dealkylation sites (N-methyl/N-ethyl adjacent to an activating group) is 4. The van der Waals surface area contributed by atoms with Crippen LogP contribution in [0.1, 0.15) is 127 Å². The Balaban J connectivity index is 1.30. The first-order chi connectivity index (χ1) is 41.7. The molecule has 27 nitrogen and oxygen atoms in total. The van der Waals surface area contributed by atoms with Crippen molar-refractivity contribution in [2.24, 2.45) is 23.7 Å². The Morgan fingerprint density at radius 2 is 1.00 bits per heavy atom. The molecule has 10 atom stereocenters. The van der Waals surface area contributed by atoms with E-state index in [1.54, 1.807) is 62.3 Å². The fourth-order valence-corrected chi connectivity index (χ4v) is 12.1. The number of carbonyl (C=O) groups excluding carboxylic acids is 12. The lowest BCUT2D eigenvalue weighted by Crippen LogP contribution is -2.61. The zero-order valence-corrected chi connectivity index (χ0v) is 53.6. The zero-order chi connectivity index (χ0) is 66.1. The Morgan fingerprint density at radius 3 is 1.40 bits per heavy atom. The number of hydrogen-bond acceptors (Lipinski definition) is 17. The lowest BCUT2D eigenvalue weighted by Gasteiger charge is -2.36. The van der Waals surface area contributed by atoms with Crippen LogP contribution in [0.4, 0.5) is 0 Å². The molecule has 10 amide bonds. The fraction of sp³-hybridized carbons (Fsp3) is 0.613. The quantitative estimate of drug-likeness (QED) is 0.182. The van der Waals surface area contributed by atoms with Crippen LogP contribution in [0, 0.1) is 37.5 Å². The minimum Gasteiger partial charge on any atom is -0.458 e. The van der Waals surface area contributed by atoms with Crippen molar-refractivity contribution in [1.82, 2.24) is 55.7 Å². The Bertz CT molecular complexity index is 3360. The van der Waals surface area contributed by atoms with E-state index in [-0.39, 0.29) is 53.2 Å². The molecule has 1 aromatic carbocycles. The number of ether oxygens (including phenoxy) is 2. The van der Waals surface area contributed by atoms with Crippen LogP contribution in [0.3, 0.4) is 0 Å². The van der Waals surface area contributed by atoms with Gasteiger partial charge in [-0.25, -0.2) is 14.6 Å². The van der Waals surface area contributed by atoms with Crippen LogP contribution in [0.15, 0.2) is 27.4 Å². The molecule has 89 heavy (non-hydrogen) atoms. The van der Waals surface area contributed by atoms with E-state index in [0.717, 1.165) is 15.9 Å². The number of aryl methyl sites for hydroxylation is 1. The number of amides is 10. The summed E-state index contributed by atoms with van der Waals surface area (Å²) in [6.45, 7) is 18.6. The van der Waals surface area contributed by atoms with Gasteiger partial charge in [0.15, 0.2) is 16.8 Å². The monoisotopic (exact) mass is 1240 g/mol. The topological polar surface area (TPSA) is 334 Å². The van der Waals surface area contributed by atoms with Gasteiger partial charge in [0.25, 0.3) is 11.8 Å². The number of rotatable bonds is 8.